The predicted octanol–water partition coefficient (Wildman–Crippen LogP) is 3.05. The van der Waals surface area contributed by atoms with Gasteiger partial charge in [0.2, 0.25) is 0 Å². The van der Waals surface area contributed by atoms with Crippen LogP contribution in [-0.2, 0) is 0 Å². The molecule has 0 saturated heterocycles. The zero-order valence-corrected chi connectivity index (χ0v) is 7.81. The number of aromatic hydroxyl groups is 1. The monoisotopic (exact) mass is 202 g/mol. The molecule has 0 bridgehead atoms. The summed E-state index contributed by atoms with van der Waals surface area (Å²) < 4.78 is -0.572. The third-order valence-electron chi connectivity index (χ3n) is 2.12. The molecule has 64 valence electrons. The van der Waals surface area contributed by atoms with Crippen molar-refractivity contribution in [3.63, 3.8) is 0 Å². The fourth-order valence-electron chi connectivity index (χ4n) is 1.28. The molecule has 12 heavy (non-hydrogen) atoms. The molecule has 3 heteroatoms. The second-order valence-electron chi connectivity index (χ2n) is 3.11. The van der Waals surface area contributed by atoms with Gasteiger partial charge in [0.1, 0.15) is 10.1 Å². The highest BCUT2D eigenvalue weighted by Gasteiger charge is 2.52. The van der Waals surface area contributed by atoms with Crippen LogP contribution in [0.3, 0.4) is 0 Å². The molecule has 0 heterocycles. The van der Waals surface area contributed by atoms with Crippen molar-refractivity contribution >= 4 is 23.2 Å². The minimum atomic E-state index is -0.572. The standard InChI is InChI=1S/C9H8Cl2O/c10-9(11)5-8(9)6-1-3-7(12)4-2-6/h1-4,8,12H,5H2. The highest BCUT2D eigenvalue weighted by Crippen LogP contribution is 2.59. The molecule has 1 fully saturated rings. The normalized spacial score (nSPS) is 25.3. The molecule has 0 amide bonds. The smallest absolute Gasteiger partial charge is 0.125 e. The Bertz CT molecular complexity index is 292. The fourth-order valence-corrected chi connectivity index (χ4v) is 1.84. The quantitative estimate of drug-likeness (QED) is 0.695. The molecule has 1 atom stereocenters. The van der Waals surface area contributed by atoms with Gasteiger partial charge in [0, 0.05) is 5.92 Å². The first-order valence-electron chi connectivity index (χ1n) is 3.76. The van der Waals surface area contributed by atoms with E-state index in [1.807, 2.05) is 12.1 Å². The van der Waals surface area contributed by atoms with Crippen LogP contribution in [0.1, 0.15) is 17.9 Å². The second-order valence-corrected chi connectivity index (χ2v) is 4.65. The first-order valence-corrected chi connectivity index (χ1v) is 4.52. The van der Waals surface area contributed by atoms with Crippen molar-refractivity contribution in [2.45, 2.75) is 16.7 Å². The number of hydrogen-bond acceptors (Lipinski definition) is 1. The van der Waals surface area contributed by atoms with E-state index < -0.39 is 4.33 Å². The summed E-state index contributed by atoms with van der Waals surface area (Å²) in [6.45, 7) is 0. The maximum Gasteiger partial charge on any atom is 0.125 e. The Morgan fingerprint density at radius 3 is 2.17 bits per heavy atom. The van der Waals surface area contributed by atoms with E-state index >= 15 is 0 Å². The Balaban J connectivity index is 2.21. The van der Waals surface area contributed by atoms with Gasteiger partial charge < -0.3 is 5.11 Å². The third kappa shape index (κ3) is 1.39. The molecular weight excluding hydrogens is 195 g/mol. The van der Waals surface area contributed by atoms with Crippen molar-refractivity contribution in [2.75, 3.05) is 0 Å². The molecule has 1 unspecified atom stereocenters. The highest BCUT2D eigenvalue weighted by molar-refractivity contribution is 6.51. The van der Waals surface area contributed by atoms with Gasteiger partial charge in [0.05, 0.1) is 0 Å². The maximum atomic E-state index is 9.02. The minimum Gasteiger partial charge on any atom is -0.508 e. The maximum absolute atomic E-state index is 9.02. The number of benzene rings is 1. The van der Waals surface area contributed by atoms with Gasteiger partial charge in [-0.05, 0) is 24.1 Å². The lowest BCUT2D eigenvalue weighted by molar-refractivity contribution is 0.475. The van der Waals surface area contributed by atoms with Gasteiger partial charge in [-0.3, -0.25) is 0 Å². The van der Waals surface area contributed by atoms with Gasteiger partial charge in [-0.2, -0.15) is 0 Å². The van der Waals surface area contributed by atoms with Crippen molar-refractivity contribution < 1.29 is 5.11 Å². The van der Waals surface area contributed by atoms with E-state index in [4.69, 9.17) is 28.3 Å². The second kappa shape index (κ2) is 2.54. The molecular formula is C9H8Cl2O. The molecule has 0 aromatic heterocycles. The lowest BCUT2D eigenvalue weighted by Crippen LogP contribution is -1.88. The number of rotatable bonds is 1. The molecule has 0 aliphatic heterocycles. The number of alkyl halides is 2. The molecule has 1 aromatic carbocycles. The molecule has 2 rings (SSSR count). The SMILES string of the molecule is Oc1ccc(C2CC2(Cl)Cl)cc1. The number of phenolic OH excluding ortho intramolecular Hbond substituents is 1. The van der Waals surface area contributed by atoms with Crippen LogP contribution in [0.5, 0.6) is 5.75 Å². The summed E-state index contributed by atoms with van der Waals surface area (Å²) in [5, 5.41) is 9.02. The average molecular weight is 203 g/mol. The summed E-state index contributed by atoms with van der Waals surface area (Å²) >= 11 is 11.8. The minimum absolute atomic E-state index is 0.237. The van der Waals surface area contributed by atoms with E-state index in [1.54, 1.807) is 12.1 Å². The van der Waals surface area contributed by atoms with Gasteiger partial charge >= 0.3 is 0 Å². The zero-order chi connectivity index (χ0) is 8.77. The van der Waals surface area contributed by atoms with Crippen molar-refractivity contribution in [1.82, 2.24) is 0 Å². The van der Waals surface area contributed by atoms with Crippen molar-refractivity contribution in [3.05, 3.63) is 29.8 Å². The van der Waals surface area contributed by atoms with E-state index in [9.17, 15) is 0 Å². The topological polar surface area (TPSA) is 20.2 Å². The van der Waals surface area contributed by atoms with Crippen LogP contribution in [-0.4, -0.2) is 9.44 Å². The Labute approximate surface area is 80.9 Å². The van der Waals surface area contributed by atoms with Crippen LogP contribution >= 0.6 is 23.2 Å². The number of hydrogen-bond donors (Lipinski definition) is 1. The zero-order valence-electron chi connectivity index (χ0n) is 6.30. The van der Waals surface area contributed by atoms with Gasteiger partial charge in [-0.1, -0.05) is 12.1 Å². The Kier molecular flexibility index (Phi) is 1.74. The molecule has 1 aliphatic carbocycles. The number of phenols is 1. The average Bonchev–Trinajstić information content (AvgIpc) is 2.61. The molecule has 1 saturated carbocycles. The highest BCUT2D eigenvalue weighted by atomic mass is 35.5. The van der Waals surface area contributed by atoms with Crippen molar-refractivity contribution in [2.24, 2.45) is 0 Å². The van der Waals surface area contributed by atoms with Gasteiger partial charge in [-0.25, -0.2) is 0 Å². The van der Waals surface area contributed by atoms with E-state index in [-0.39, 0.29) is 11.7 Å². The Hall–Kier alpha value is -0.400. The van der Waals surface area contributed by atoms with Crippen LogP contribution in [0.2, 0.25) is 0 Å². The molecule has 1 N–H and O–H groups in total. The van der Waals surface area contributed by atoms with Crippen molar-refractivity contribution in [3.8, 4) is 5.75 Å². The Morgan fingerprint density at radius 2 is 1.75 bits per heavy atom. The summed E-state index contributed by atoms with van der Waals surface area (Å²) in [6, 6.07) is 7.01. The predicted molar refractivity (Wildman–Crippen MR) is 49.9 cm³/mol. The van der Waals surface area contributed by atoms with Crippen LogP contribution < -0.4 is 0 Å². The molecule has 1 aromatic rings. The first kappa shape index (κ1) is 8.21. The largest absolute Gasteiger partial charge is 0.508 e. The summed E-state index contributed by atoms with van der Waals surface area (Å²) in [6.07, 6.45) is 0.806. The molecule has 0 radical (unpaired) electrons. The molecule has 1 aliphatic rings. The van der Waals surface area contributed by atoms with E-state index in [2.05, 4.69) is 0 Å². The van der Waals surface area contributed by atoms with Gasteiger partial charge in [0.25, 0.3) is 0 Å². The van der Waals surface area contributed by atoms with Crippen molar-refractivity contribution in [1.29, 1.82) is 0 Å². The van der Waals surface area contributed by atoms with E-state index in [0.29, 0.717) is 0 Å². The lowest BCUT2D eigenvalue weighted by Gasteiger charge is -1.99. The number of halogens is 2. The van der Waals surface area contributed by atoms with Crippen LogP contribution in [0, 0.1) is 0 Å². The third-order valence-corrected chi connectivity index (χ3v) is 2.96. The summed E-state index contributed by atoms with van der Waals surface area (Å²) in [5.41, 5.74) is 1.10. The summed E-state index contributed by atoms with van der Waals surface area (Å²) in [7, 11) is 0. The lowest BCUT2D eigenvalue weighted by atomic mass is 10.1. The van der Waals surface area contributed by atoms with Gasteiger partial charge in [0.15, 0.2) is 0 Å². The molecule has 1 nitrogen and oxygen atoms in total. The van der Waals surface area contributed by atoms with E-state index in [0.717, 1.165) is 12.0 Å². The van der Waals surface area contributed by atoms with Gasteiger partial charge in [-0.15, -0.1) is 23.2 Å². The van der Waals surface area contributed by atoms with Crippen LogP contribution in [0.15, 0.2) is 24.3 Å². The summed E-state index contributed by atoms with van der Waals surface area (Å²) in [5.74, 6) is 0.510. The van der Waals surface area contributed by atoms with Crippen LogP contribution in [0.4, 0.5) is 0 Å². The summed E-state index contributed by atoms with van der Waals surface area (Å²) in [4.78, 5) is 0. The van der Waals surface area contributed by atoms with E-state index in [1.165, 1.54) is 0 Å². The van der Waals surface area contributed by atoms with Crippen LogP contribution in [0.25, 0.3) is 0 Å². The fraction of sp³-hybridized carbons (Fsp3) is 0.333. The molecule has 0 spiro atoms. The first-order chi connectivity index (χ1) is 5.59. The Morgan fingerprint density at radius 1 is 1.25 bits per heavy atom.